The normalized spacial score (nSPS) is 15.3. The summed E-state index contributed by atoms with van der Waals surface area (Å²) in [6.07, 6.45) is 4.36. The Bertz CT molecular complexity index is 880. The average Bonchev–Trinajstić information content (AvgIpc) is 2.86. The van der Waals surface area contributed by atoms with Crippen molar-refractivity contribution in [3.05, 3.63) is 34.7 Å². The molecule has 0 radical (unpaired) electrons. The van der Waals surface area contributed by atoms with Gasteiger partial charge in [0.25, 0.3) is 5.24 Å². The number of allylic oxidation sites excluding steroid dienone is 1. The molecule has 10 heteroatoms. The number of ether oxygens (including phenoxy) is 1. The highest BCUT2D eigenvalue weighted by molar-refractivity contribution is 8.17. The lowest BCUT2D eigenvalue weighted by Crippen LogP contribution is -2.46. The van der Waals surface area contributed by atoms with Gasteiger partial charge in [-0.2, -0.15) is 0 Å². The van der Waals surface area contributed by atoms with Gasteiger partial charge in [-0.1, -0.05) is 31.1 Å². The molecule has 0 bridgehead atoms. The van der Waals surface area contributed by atoms with Crippen molar-refractivity contribution < 1.29 is 19.2 Å². The second kappa shape index (κ2) is 15.2. The molecule has 1 aromatic carbocycles. The first kappa shape index (κ1) is 28.4. The van der Waals surface area contributed by atoms with Crippen molar-refractivity contribution in [2.24, 2.45) is 16.1 Å². The van der Waals surface area contributed by atoms with Crippen LogP contribution in [0.2, 0.25) is 0 Å². The van der Waals surface area contributed by atoms with Crippen LogP contribution < -0.4 is 10.1 Å². The molecule has 0 aromatic heterocycles. The van der Waals surface area contributed by atoms with Crippen LogP contribution in [0.5, 0.6) is 5.75 Å². The monoisotopic (exact) mass is 503 g/mol. The van der Waals surface area contributed by atoms with E-state index in [9.17, 15) is 9.59 Å². The molecule has 1 fully saturated rings. The minimum atomic E-state index is -0.278. The van der Waals surface area contributed by atoms with Crippen molar-refractivity contribution in [3.8, 4) is 5.75 Å². The highest BCUT2D eigenvalue weighted by atomic mass is 32.2. The number of aldehydes is 1. The van der Waals surface area contributed by atoms with Crippen molar-refractivity contribution in [3.63, 3.8) is 0 Å². The van der Waals surface area contributed by atoms with E-state index in [-0.39, 0.29) is 5.24 Å². The van der Waals surface area contributed by atoms with Crippen LogP contribution in [-0.4, -0.2) is 87.0 Å². The number of piperidine rings is 1. The summed E-state index contributed by atoms with van der Waals surface area (Å²) in [7, 11) is 3.65. The van der Waals surface area contributed by atoms with Gasteiger partial charge in [0.05, 0.1) is 4.91 Å². The molecule has 2 rings (SSSR count). The van der Waals surface area contributed by atoms with E-state index in [1.165, 1.54) is 7.05 Å². The first-order chi connectivity index (χ1) is 16.9. The Morgan fingerprint density at radius 2 is 2.00 bits per heavy atom. The number of nitrogens with zero attached hydrogens (tertiary/aromatic N) is 4. The molecule has 1 amide bonds. The van der Waals surface area contributed by atoms with Crippen molar-refractivity contribution in [1.82, 2.24) is 15.1 Å². The maximum Gasteiger partial charge on any atom is 0.317 e. The third-order valence-electron chi connectivity index (χ3n) is 5.53. The number of rotatable bonds is 11. The fraction of sp³-hybridized carbons (Fsp3) is 0.520. The Balaban J connectivity index is 1.78. The summed E-state index contributed by atoms with van der Waals surface area (Å²) in [5.41, 5.74) is 0.826. The number of hydrogen-bond donors (Lipinski definition) is 1. The number of oxime groups is 1. The molecule has 0 atom stereocenters. The lowest BCUT2D eigenvalue weighted by molar-refractivity contribution is -0.104. The fourth-order valence-corrected chi connectivity index (χ4v) is 4.12. The number of hydrogen-bond acceptors (Lipinski definition) is 8. The van der Waals surface area contributed by atoms with E-state index < -0.39 is 0 Å². The molecule has 1 saturated heterocycles. The van der Waals surface area contributed by atoms with Gasteiger partial charge in [0.1, 0.15) is 12.4 Å². The molecular weight excluding hydrogens is 466 g/mol. The molecular formula is C25H37N5O4S. The van der Waals surface area contributed by atoms with Gasteiger partial charge in [0, 0.05) is 46.0 Å². The van der Waals surface area contributed by atoms with Gasteiger partial charge in [-0.15, -0.1) is 0 Å². The minimum Gasteiger partial charge on any atom is -0.492 e. The number of likely N-dealkylation sites (N-methyl/N-ethyl adjacent to an activating group) is 1. The van der Waals surface area contributed by atoms with E-state index in [0.717, 1.165) is 55.6 Å². The van der Waals surface area contributed by atoms with E-state index in [1.54, 1.807) is 6.08 Å². The van der Waals surface area contributed by atoms with Crippen LogP contribution in [0.15, 0.2) is 39.3 Å². The Morgan fingerprint density at radius 3 is 2.57 bits per heavy atom. The highest BCUT2D eigenvalue weighted by Crippen LogP contribution is 2.20. The molecule has 1 heterocycles. The molecule has 0 spiro atoms. The minimum absolute atomic E-state index is 0.278. The van der Waals surface area contributed by atoms with Crippen molar-refractivity contribution in [2.45, 2.75) is 32.7 Å². The predicted octanol–water partition coefficient (Wildman–Crippen LogP) is 3.72. The molecule has 0 unspecified atom stereocenters. The highest BCUT2D eigenvalue weighted by Gasteiger charge is 2.25. The smallest absolute Gasteiger partial charge is 0.317 e. The number of carbonyl (C=O) groups is 2. The molecule has 192 valence electrons. The number of likely N-dealkylation sites (tertiary alicyclic amines) is 1. The van der Waals surface area contributed by atoms with Crippen LogP contribution in [-0.2, 0) is 9.63 Å². The first-order valence-corrected chi connectivity index (χ1v) is 12.6. The third-order valence-corrected chi connectivity index (χ3v) is 6.37. The maximum atomic E-state index is 11.4. The van der Waals surface area contributed by atoms with Crippen molar-refractivity contribution >= 4 is 42.1 Å². The van der Waals surface area contributed by atoms with Crippen LogP contribution in [0.4, 0.5) is 4.79 Å². The van der Waals surface area contributed by atoms with Gasteiger partial charge in [0.2, 0.25) is 0 Å². The predicted molar refractivity (Wildman–Crippen MR) is 143 cm³/mol. The van der Waals surface area contributed by atoms with Crippen LogP contribution in [0.3, 0.4) is 0 Å². The van der Waals surface area contributed by atoms with E-state index >= 15 is 0 Å². The molecule has 9 nitrogen and oxygen atoms in total. The maximum absolute atomic E-state index is 11.4. The van der Waals surface area contributed by atoms with Crippen LogP contribution in [0, 0.1) is 5.92 Å². The number of amides is 1. The van der Waals surface area contributed by atoms with Gasteiger partial charge in [-0.25, -0.2) is 4.99 Å². The van der Waals surface area contributed by atoms with E-state index in [2.05, 4.69) is 52.9 Å². The van der Waals surface area contributed by atoms with E-state index in [1.807, 2.05) is 24.3 Å². The molecule has 35 heavy (non-hydrogen) atoms. The molecule has 1 N–H and O–H groups in total. The number of aliphatic imine (C=N–C) groups is 1. The van der Waals surface area contributed by atoms with Crippen molar-refractivity contribution in [1.29, 1.82) is 0 Å². The largest absolute Gasteiger partial charge is 0.492 e. The zero-order valence-electron chi connectivity index (χ0n) is 21.1. The third kappa shape index (κ3) is 10.1. The molecule has 1 aliphatic rings. The number of benzene rings is 1. The summed E-state index contributed by atoms with van der Waals surface area (Å²) in [4.78, 5) is 37.3. The summed E-state index contributed by atoms with van der Waals surface area (Å²) in [6, 6.07) is 8.48. The Labute approximate surface area is 212 Å². The molecule has 1 aromatic rings. The summed E-state index contributed by atoms with van der Waals surface area (Å²) in [5.74, 6) is 1.22. The SMILES string of the molecule is C=NOC(=NCC(C)C)N1CCC(N(C)CCOc2ccc(/C=C(/C=O)SC(=O)NC)cc2)CC1. The molecule has 0 aliphatic carbocycles. The second-order valence-corrected chi connectivity index (χ2v) is 9.70. The van der Waals surface area contributed by atoms with Crippen LogP contribution in [0.25, 0.3) is 6.08 Å². The molecule has 1 aliphatic heterocycles. The lowest BCUT2D eigenvalue weighted by Gasteiger charge is -2.37. The second-order valence-electron chi connectivity index (χ2n) is 8.66. The average molecular weight is 504 g/mol. The van der Waals surface area contributed by atoms with Gasteiger partial charge in [-0.05, 0) is 61.3 Å². The number of nitrogens with one attached hydrogen (secondary N) is 1. The van der Waals surface area contributed by atoms with Gasteiger partial charge >= 0.3 is 6.02 Å². The van der Waals surface area contributed by atoms with Crippen LogP contribution in [0.1, 0.15) is 32.3 Å². The summed E-state index contributed by atoms with van der Waals surface area (Å²) in [5, 5.41) is 5.77. The Kier molecular flexibility index (Phi) is 12.3. The summed E-state index contributed by atoms with van der Waals surface area (Å²) < 4.78 is 5.91. The van der Waals surface area contributed by atoms with E-state index in [4.69, 9.17) is 9.57 Å². The Morgan fingerprint density at radius 1 is 1.31 bits per heavy atom. The van der Waals surface area contributed by atoms with Gasteiger partial charge in [0.15, 0.2) is 6.29 Å². The fourth-order valence-electron chi connectivity index (χ4n) is 3.56. The van der Waals surface area contributed by atoms with E-state index in [0.29, 0.717) is 42.3 Å². The number of thioether (sulfide) groups is 1. The summed E-state index contributed by atoms with van der Waals surface area (Å²) in [6.45, 7) is 11.5. The lowest BCUT2D eigenvalue weighted by atomic mass is 10.0. The first-order valence-electron chi connectivity index (χ1n) is 11.8. The number of carbonyl (C=O) groups excluding carboxylic acids is 2. The van der Waals surface area contributed by atoms with Crippen LogP contribution >= 0.6 is 11.8 Å². The topological polar surface area (TPSA) is 95.8 Å². The standard InChI is InChI=1S/C25H37N5O4S/c1-19(2)17-28-24(34-27-4)30-12-10-21(11-13-30)29(5)14-15-33-22-8-6-20(7-9-22)16-23(18-31)35-25(32)26-3/h6-9,16,18-19,21H,4,10-15,17H2,1-3,5H3,(H,26,32)/b23-16-,28-24?. The zero-order valence-corrected chi connectivity index (χ0v) is 21.9. The van der Waals surface area contributed by atoms with Gasteiger partial charge in [-0.3, -0.25) is 14.5 Å². The zero-order chi connectivity index (χ0) is 25.6. The Hall–Kier alpha value is -2.85. The quantitative estimate of drug-likeness (QED) is 0.162. The molecule has 0 saturated carbocycles. The summed E-state index contributed by atoms with van der Waals surface area (Å²) >= 11 is 0.864. The van der Waals surface area contributed by atoms with Gasteiger partial charge < -0.3 is 19.8 Å². The van der Waals surface area contributed by atoms with Crippen molar-refractivity contribution in [2.75, 3.05) is 46.9 Å². The number of amidine groups is 1.